The fraction of sp³-hybridized carbons (Fsp3) is 0.500. The third-order valence-electron chi connectivity index (χ3n) is 5.04. The van der Waals surface area contributed by atoms with Crippen molar-refractivity contribution in [3.05, 3.63) is 35.5 Å². The molecule has 5 nitrogen and oxygen atoms in total. The zero-order chi connectivity index (χ0) is 17.5. The van der Waals surface area contributed by atoms with E-state index in [0.717, 1.165) is 35.7 Å². The SMILES string of the molecule is Cc1ccc2[nH]c(C(=O)N(C)[C@H]3CCCC[C@H]3S(C)(=O)=O)cc2c1. The molecular weight excluding hydrogens is 324 g/mol. The van der Waals surface area contributed by atoms with Crippen molar-refractivity contribution in [2.75, 3.05) is 13.3 Å². The van der Waals surface area contributed by atoms with E-state index in [1.54, 1.807) is 11.9 Å². The first-order chi connectivity index (χ1) is 11.3. The van der Waals surface area contributed by atoms with Gasteiger partial charge in [0.1, 0.15) is 5.69 Å². The normalized spacial score (nSPS) is 21.8. The van der Waals surface area contributed by atoms with E-state index in [2.05, 4.69) is 4.98 Å². The number of carbonyl (C=O) groups excluding carboxylic acids is 1. The molecule has 1 aromatic heterocycles. The van der Waals surface area contributed by atoms with Crippen molar-refractivity contribution in [2.24, 2.45) is 0 Å². The fourth-order valence-corrected chi connectivity index (χ4v) is 5.21. The molecule has 0 aliphatic heterocycles. The van der Waals surface area contributed by atoms with Crippen LogP contribution in [0, 0.1) is 6.92 Å². The number of nitrogens with zero attached hydrogens (tertiary/aromatic N) is 1. The van der Waals surface area contributed by atoms with Crippen LogP contribution in [0.3, 0.4) is 0 Å². The molecule has 0 spiro atoms. The van der Waals surface area contributed by atoms with Gasteiger partial charge in [0, 0.05) is 30.2 Å². The summed E-state index contributed by atoms with van der Waals surface area (Å²) in [6.45, 7) is 2.01. The second-order valence-corrected chi connectivity index (χ2v) is 9.17. The van der Waals surface area contributed by atoms with Crippen LogP contribution in [0.2, 0.25) is 0 Å². The van der Waals surface area contributed by atoms with Crippen molar-refractivity contribution >= 4 is 26.6 Å². The third kappa shape index (κ3) is 3.20. The fourth-order valence-electron chi connectivity index (χ4n) is 3.73. The molecule has 2 atom stereocenters. The standard InChI is InChI=1S/C18H24N2O3S/c1-12-8-9-14-13(10-12)11-15(19-14)18(21)20(2)16-6-4-5-7-17(16)24(3,22)23/h8-11,16-17,19H,4-7H2,1-3H3/t16-,17+/m0/s1. The van der Waals surface area contributed by atoms with Crippen LogP contribution in [-0.4, -0.2) is 48.8 Å². The Bertz CT molecular complexity index is 870. The second kappa shape index (κ2) is 6.24. The van der Waals surface area contributed by atoms with Crippen LogP contribution >= 0.6 is 0 Å². The van der Waals surface area contributed by atoms with Gasteiger partial charge >= 0.3 is 0 Å². The van der Waals surface area contributed by atoms with E-state index < -0.39 is 15.1 Å². The molecule has 130 valence electrons. The Morgan fingerprint density at radius 1 is 1.21 bits per heavy atom. The first-order valence-electron chi connectivity index (χ1n) is 8.33. The lowest BCUT2D eigenvalue weighted by Gasteiger charge is -2.36. The highest BCUT2D eigenvalue weighted by atomic mass is 32.2. The summed E-state index contributed by atoms with van der Waals surface area (Å²) in [4.78, 5) is 17.6. The van der Waals surface area contributed by atoms with Crippen LogP contribution in [0.4, 0.5) is 0 Å². The lowest BCUT2D eigenvalue weighted by molar-refractivity contribution is 0.0695. The first-order valence-corrected chi connectivity index (χ1v) is 10.3. The van der Waals surface area contributed by atoms with Crippen LogP contribution in [0.15, 0.2) is 24.3 Å². The predicted molar refractivity (Wildman–Crippen MR) is 96.0 cm³/mol. The number of rotatable bonds is 3. The maximum absolute atomic E-state index is 12.9. The highest BCUT2D eigenvalue weighted by molar-refractivity contribution is 7.91. The van der Waals surface area contributed by atoms with Crippen LogP contribution in [0.25, 0.3) is 10.9 Å². The average Bonchev–Trinajstić information content (AvgIpc) is 2.95. The van der Waals surface area contributed by atoms with Crippen LogP contribution in [0.1, 0.15) is 41.7 Å². The van der Waals surface area contributed by atoms with Gasteiger partial charge in [0.05, 0.1) is 5.25 Å². The molecule has 2 aromatic rings. The maximum Gasteiger partial charge on any atom is 0.270 e. The molecule has 1 saturated carbocycles. The molecule has 6 heteroatoms. The van der Waals surface area contributed by atoms with E-state index in [0.29, 0.717) is 12.1 Å². The summed E-state index contributed by atoms with van der Waals surface area (Å²) in [5.74, 6) is -0.149. The summed E-state index contributed by atoms with van der Waals surface area (Å²) in [5.41, 5.74) is 2.56. The Labute approximate surface area is 143 Å². The van der Waals surface area contributed by atoms with Crippen LogP contribution < -0.4 is 0 Å². The number of benzene rings is 1. The van der Waals surface area contributed by atoms with E-state index in [-0.39, 0.29) is 11.9 Å². The molecule has 0 saturated heterocycles. The third-order valence-corrected chi connectivity index (χ3v) is 6.69. The molecular formula is C18H24N2O3S. The van der Waals surface area contributed by atoms with Gasteiger partial charge in [-0.2, -0.15) is 0 Å². The van der Waals surface area contributed by atoms with E-state index in [4.69, 9.17) is 0 Å². The van der Waals surface area contributed by atoms with Crippen molar-refractivity contribution < 1.29 is 13.2 Å². The van der Waals surface area contributed by atoms with E-state index in [9.17, 15) is 13.2 Å². The minimum absolute atomic E-state index is 0.149. The van der Waals surface area contributed by atoms with Gasteiger partial charge in [-0.3, -0.25) is 4.79 Å². The van der Waals surface area contributed by atoms with Crippen molar-refractivity contribution in [3.8, 4) is 0 Å². The van der Waals surface area contributed by atoms with Crippen molar-refractivity contribution in [1.82, 2.24) is 9.88 Å². The van der Waals surface area contributed by atoms with Crippen molar-refractivity contribution in [2.45, 2.75) is 43.9 Å². The summed E-state index contributed by atoms with van der Waals surface area (Å²) in [5, 5.41) is 0.530. The molecule has 1 fully saturated rings. The minimum Gasteiger partial charge on any atom is -0.351 e. The number of aromatic nitrogens is 1. The highest BCUT2D eigenvalue weighted by Crippen LogP contribution is 2.28. The Kier molecular flexibility index (Phi) is 4.42. The summed E-state index contributed by atoms with van der Waals surface area (Å²) in [7, 11) is -1.45. The summed E-state index contributed by atoms with van der Waals surface area (Å²) < 4.78 is 24.2. The highest BCUT2D eigenvalue weighted by Gasteiger charge is 2.37. The molecule has 3 rings (SSSR count). The lowest BCUT2D eigenvalue weighted by atomic mass is 9.93. The number of aromatic amines is 1. The molecule has 24 heavy (non-hydrogen) atoms. The topological polar surface area (TPSA) is 70.2 Å². The molecule has 1 aromatic carbocycles. The summed E-state index contributed by atoms with van der Waals surface area (Å²) in [6, 6.07) is 7.58. The number of aryl methyl sites for hydroxylation is 1. The van der Waals surface area contributed by atoms with Gasteiger partial charge in [-0.25, -0.2) is 8.42 Å². The summed E-state index contributed by atoms with van der Waals surface area (Å²) in [6.07, 6.45) is 4.51. The van der Waals surface area contributed by atoms with Gasteiger partial charge < -0.3 is 9.88 Å². The minimum atomic E-state index is -3.17. The van der Waals surface area contributed by atoms with Gasteiger partial charge in [0.15, 0.2) is 9.84 Å². The summed E-state index contributed by atoms with van der Waals surface area (Å²) >= 11 is 0. The van der Waals surface area contributed by atoms with Crippen LogP contribution in [-0.2, 0) is 9.84 Å². The Morgan fingerprint density at radius 2 is 1.92 bits per heavy atom. The van der Waals surface area contributed by atoms with Gasteiger partial charge in [0.25, 0.3) is 5.91 Å². The van der Waals surface area contributed by atoms with E-state index >= 15 is 0 Å². The monoisotopic (exact) mass is 348 g/mol. The van der Waals surface area contributed by atoms with Gasteiger partial charge in [-0.1, -0.05) is 24.5 Å². The first kappa shape index (κ1) is 17.0. The second-order valence-electron chi connectivity index (χ2n) is 6.91. The molecule has 0 unspecified atom stereocenters. The zero-order valence-corrected chi connectivity index (χ0v) is 15.2. The lowest BCUT2D eigenvalue weighted by Crippen LogP contribution is -2.49. The van der Waals surface area contributed by atoms with E-state index in [1.807, 2.05) is 31.2 Å². The smallest absolute Gasteiger partial charge is 0.270 e. The predicted octanol–water partition coefficient (Wildman–Crippen LogP) is 2.90. The number of H-pyrrole nitrogens is 1. The Balaban J connectivity index is 1.89. The van der Waals surface area contributed by atoms with E-state index in [1.165, 1.54) is 6.26 Å². The van der Waals surface area contributed by atoms with Crippen molar-refractivity contribution in [1.29, 1.82) is 0 Å². The number of hydrogen-bond donors (Lipinski definition) is 1. The largest absolute Gasteiger partial charge is 0.351 e. The number of amides is 1. The zero-order valence-electron chi connectivity index (χ0n) is 14.4. The Hall–Kier alpha value is -1.82. The molecule has 1 aliphatic rings. The average molecular weight is 348 g/mol. The molecule has 0 bridgehead atoms. The van der Waals surface area contributed by atoms with Crippen molar-refractivity contribution in [3.63, 3.8) is 0 Å². The number of nitrogens with one attached hydrogen (secondary N) is 1. The molecule has 1 amide bonds. The van der Waals surface area contributed by atoms with Gasteiger partial charge in [-0.05, 0) is 38.0 Å². The molecule has 1 aliphatic carbocycles. The quantitative estimate of drug-likeness (QED) is 0.927. The number of fused-ring (bicyclic) bond motifs is 1. The van der Waals surface area contributed by atoms with Gasteiger partial charge in [-0.15, -0.1) is 0 Å². The number of carbonyl (C=O) groups is 1. The molecule has 1 N–H and O–H groups in total. The Morgan fingerprint density at radius 3 is 2.62 bits per heavy atom. The number of hydrogen-bond acceptors (Lipinski definition) is 3. The molecule has 1 heterocycles. The molecule has 0 radical (unpaired) electrons. The van der Waals surface area contributed by atoms with Crippen LogP contribution in [0.5, 0.6) is 0 Å². The maximum atomic E-state index is 12.9. The van der Waals surface area contributed by atoms with Gasteiger partial charge in [0.2, 0.25) is 0 Å². The number of sulfone groups is 1.